The predicted molar refractivity (Wildman–Crippen MR) is 125 cm³/mol. The zero-order valence-corrected chi connectivity index (χ0v) is 19.8. The van der Waals surface area contributed by atoms with Crippen LogP contribution < -0.4 is 9.47 Å². The Balaban J connectivity index is 2.15. The fourth-order valence-corrected chi connectivity index (χ4v) is 3.75. The molecule has 7 heteroatoms. The van der Waals surface area contributed by atoms with Gasteiger partial charge in [-0.2, -0.15) is 0 Å². The van der Waals surface area contributed by atoms with E-state index in [2.05, 4.69) is 0 Å². The lowest BCUT2D eigenvalue weighted by molar-refractivity contribution is -0.140. The maximum atomic E-state index is 13.1. The Hall–Kier alpha value is -3.32. The average Bonchev–Trinajstić information content (AvgIpc) is 3.06. The predicted octanol–water partition coefficient (Wildman–Crippen LogP) is 4.11. The van der Waals surface area contributed by atoms with Crippen LogP contribution in [0.25, 0.3) is 5.76 Å². The standard InChI is InChI=1S/C26H31NO6/c1-16(2)15-33-21-14-19(10-11-20(21)32-5)23-22(24(28)18-8-6-17(3)7-9-18)25(29)26(30)27(23)12-13-31-4/h6-11,14,16,23,28H,12-13,15H2,1-5H3/b24-22-. The molecule has 2 aromatic carbocycles. The molecule has 0 aliphatic carbocycles. The lowest BCUT2D eigenvalue weighted by Crippen LogP contribution is -2.32. The first-order chi connectivity index (χ1) is 15.8. The Morgan fingerprint density at radius 2 is 1.76 bits per heavy atom. The van der Waals surface area contributed by atoms with Crippen LogP contribution in [0.5, 0.6) is 11.5 Å². The van der Waals surface area contributed by atoms with Gasteiger partial charge in [-0.15, -0.1) is 0 Å². The molecule has 0 aromatic heterocycles. The molecule has 1 unspecified atom stereocenters. The van der Waals surface area contributed by atoms with Gasteiger partial charge in [0, 0.05) is 19.2 Å². The number of nitrogens with zero attached hydrogens (tertiary/aromatic N) is 1. The van der Waals surface area contributed by atoms with Crippen LogP contribution in [0.15, 0.2) is 48.0 Å². The minimum Gasteiger partial charge on any atom is -0.507 e. The number of ketones is 1. The number of rotatable bonds is 9. The van der Waals surface area contributed by atoms with E-state index in [0.29, 0.717) is 35.2 Å². The first-order valence-corrected chi connectivity index (χ1v) is 10.9. The van der Waals surface area contributed by atoms with Crippen LogP contribution in [0.1, 0.15) is 36.6 Å². The molecule has 1 aliphatic rings. The average molecular weight is 454 g/mol. The SMILES string of the molecule is COCCN1C(=O)C(=O)/C(=C(\O)c2ccc(C)cc2)C1c1ccc(OC)c(OCC(C)C)c1. The number of amides is 1. The topological polar surface area (TPSA) is 85.3 Å². The van der Waals surface area contributed by atoms with Crippen LogP contribution in [-0.4, -0.2) is 55.7 Å². The number of likely N-dealkylation sites (tertiary alicyclic amines) is 1. The molecular formula is C26H31NO6. The van der Waals surface area contributed by atoms with Gasteiger partial charge in [-0.1, -0.05) is 49.7 Å². The van der Waals surface area contributed by atoms with Crippen molar-refractivity contribution in [2.45, 2.75) is 26.8 Å². The molecule has 1 saturated heterocycles. The number of aryl methyl sites for hydroxylation is 1. The molecule has 7 nitrogen and oxygen atoms in total. The number of carbonyl (C=O) groups excluding carboxylic acids is 2. The van der Waals surface area contributed by atoms with Crippen molar-refractivity contribution in [2.75, 3.05) is 34.0 Å². The summed E-state index contributed by atoms with van der Waals surface area (Å²) in [4.78, 5) is 27.4. The number of ether oxygens (including phenoxy) is 3. The zero-order chi connectivity index (χ0) is 24.1. The second-order valence-electron chi connectivity index (χ2n) is 8.47. The smallest absolute Gasteiger partial charge is 0.295 e. The summed E-state index contributed by atoms with van der Waals surface area (Å²) in [6.45, 7) is 6.94. The van der Waals surface area contributed by atoms with Crippen LogP contribution in [0.4, 0.5) is 0 Å². The molecule has 1 N–H and O–H groups in total. The van der Waals surface area contributed by atoms with Crippen LogP contribution in [0.2, 0.25) is 0 Å². The summed E-state index contributed by atoms with van der Waals surface area (Å²) in [6, 6.07) is 11.7. The Morgan fingerprint density at radius 3 is 2.36 bits per heavy atom. The highest BCUT2D eigenvalue weighted by Gasteiger charge is 2.46. The molecule has 2 aromatic rings. The Kier molecular flexibility index (Phi) is 7.76. The number of hydrogen-bond acceptors (Lipinski definition) is 6. The number of carbonyl (C=O) groups is 2. The third-order valence-corrected chi connectivity index (χ3v) is 5.48. The molecule has 0 saturated carbocycles. The third kappa shape index (κ3) is 5.20. The number of methoxy groups -OCH3 is 2. The minimum absolute atomic E-state index is 0.0416. The van der Waals surface area contributed by atoms with E-state index in [1.54, 1.807) is 37.4 Å². The monoisotopic (exact) mass is 453 g/mol. The normalized spacial score (nSPS) is 17.6. The number of hydrogen-bond donors (Lipinski definition) is 1. The molecule has 0 radical (unpaired) electrons. The first-order valence-electron chi connectivity index (χ1n) is 10.9. The number of benzene rings is 2. The minimum atomic E-state index is -0.784. The van der Waals surface area contributed by atoms with Gasteiger partial charge in [0.1, 0.15) is 5.76 Å². The summed E-state index contributed by atoms with van der Waals surface area (Å²) < 4.78 is 16.5. The molecule has 176 valence electrons. The number of aliphatic hydroxyl groups is 1. The van der Waals surface area contributed by atoms with Crippen molar-refractivity contribution in [3.05, 3.63) is 64.7 Å². The third-order valence-electron chi connectivity index (χ3n) is 5.48. The van der Waals surface area contributed by atoms with Crippen molar-refractivity contribution in [3.63, 3.8) is 0 Å². The van der Waals surface area contributed by atoms with Crippen molar-refractivity contribution >= 4 is 17.4 Å². The fourth-order valence-electron chi connectivity index (χ4n) is 3.75. The maximum absolute atomic E-state index is 13.1. The van der Waals surface area contributed by atoms with Gasteiger partial charge in [0.25, 0.3) is 11.7 Å². The van der Waals surface area contributed by atoms with Crippen molar-refractivity contribution in [3.8, 4) is 11.5 Å². The summed E-state index contributed by atoms with van der Waals surface area (Å²) in [5.74, 6) is -0.255. The van der Waals surface area contributed by atoms with E-state index in [1.807, 2.05) is 32.9 Å². The molecule has 0 bridgehead atoms. The molecule has 1 heterocycles. The molecule has 1 amide bonds. The van der Waals surface area contributed by atoms with Crippen molar-refractivity contribution < 1.29 is 28.9 Å². The molecular weight excluding hydrogens is 422 g/mol. The van der Waals surface area contributed by atoms with Crippen LogP contribution in [0, 0.1) is 12.8 Å². The molecule has 3 rings (SSSR count). The molecule has 1 aliphatic heterocycles. The molecule has 1 fully saturated rings. The van der Waals surface area contributed by atoms with Gasteiger partial charge in [-0.05, 0) is 30.5 Å². The van der Waals surface area contributed by atoms with Gasteiger partial charge in [0.05, 0.1) is 31.9 Å². The molecule has 1 atom stereocenters. The summed E-state index contributed by atoms with van der Waals surface area (Å²) in [5.41, 5.74) is 2.17. The van der Waals surface area contributed by atoms with Gasteiger partial charge < -0.3 is 24.2 Å². The van der Waals surface area contributed by atoms with E-state index in [4.69, 9.17) is 14.2 Å². The van der Waals surface area contributed by atoms with Crippen molar-refractivity contribution in [2.24, 2.45) is 5.92 Å². The van der Waals surface area contributed by atoms with E-state index in [0.717, 1.165) is 5.56 Å². The van der Waals surface area contributed by atoms with Gasteiger partial charge in [-0.25, -0.2) is 0 Å². The van der Waals surface area contributed by atoms with E-state index >= 15 is 0 Å². The summed E-state index contributed by atoms with van der Waals surface area (Å²) in [7, 11) is 3.09. The highest BCUT2D eigenvalue weighted by Crippen LogP contribution is 2.42. The van der Waals surface area contributed by atoms with Crippen molar-refractivity contribution in [1.29, 1.82) is 0 Å². The number of Topliss-reactive ketones (excluding diaryl/α,β-unsaturated/α-hetero) is 1. The van der Waals surface area contributed by atoms with Crippen LogP contribution >= 0.6 is 0 Å². The summed E-state index contributed by atoms with van der Waals surface area (Å²) in [6.07, 6.45) is 0. The van der Waals surface area contributed by atoms with E-state index in [1.165, 1.54) is 12.0 Å². The maximum Gasteiger partial charge on any atom is 0.295 e. The summed E-state index contributed by atoms with van der Waals surface area (Å²) >= 11 is 0. The van der Waals surface area contributed by atoms with E-state index in [9.17, 15) is 14.7 Å². The van der Waals surface area contributed by atoms with Gasteiger partial charge in [-0.3, -0.25) is 9.59 Å². The first kappa shape index (κ1) is 24.3. The second kappa shape index (κ2) is 10.5. The molecule has 0 spiro atoms. The lowest BCUT2D eigenvalue weighted by atomic mass is 9.94. The van der Waals surface area contributed by atoms with Crippen LogP contribution in [0.3, 0.4) is 0 Å². The Morgan fingerprint density at radius 1 is 1.06 bits per heavy atom. The Bertz CT molecular complexity index is 1040. The van der Waals surface area contributed by atoms with E-state index in [-0.39, 0.29) is 24.5 Å². The largest absolute Gasteiger partial charge is 0.507 e. The highest BCUT2D eigenvalue weighted by molar-refractivity contribution is 6.46. The fraction of sp³-hybridized carbons (Fsp3) is 0.385. The van der Waals surface area contributed by atoms with Gasteiger partial charge >= 0.3 is 0 Å². The number of aliphatic hydroxyl groups excluding tert-OH is 1. The van der Waals surface area contributed by atoms with Gasteiger partial charge in [0.2, 0.25) is 0 Å². The Labute approximate surface area is 194 Å². The van der Waals surface area contributed by atoms with Crippen LogP contribution in [-0.2, 0) is 14.3 Å². The van der Waals surface area contributed by atoms with Gasteiger partial charge in [0.15, 0.2) is 11.5 Å². The lowest BCUT2D eigenvalue weighted by Gasteiger charge is -2.26. The van der Waals surface area contributed by atoms with Crippen molar-refractivity contribution in [1.82, 2.24) is 4.90 Å². The van der Waals surface area contributed by atoms with E-state index < -0.39 is 17.7 Å². The zero-order valence-electron chi connectivity index (χ0n) is 19.8. The second-order valence-corrected chi connectivity index (χ2v) is 8.47. The summed E-state index contributed by atoms with van der Waals surface area (Å²) in [5, 5.41) is 11.1. The highest BCUT2D eigenvalue weighted by atomic mass is 16.5. The quantitative estimate of drug-likeness (QED) is 0.349. The molecule has 33 heavy (non-hydrogen) atoms.